The average Bonchev–Trinajstić information content (AvgIpc) is 2.92. The Morgan fingerprint density at radius 3 is 2.60 bits per heavy atom. The highest BCUT2D eigenvalue weighted by molar-refractivity contribution is 7.91. The molecule has 3 rings (SSSR count). The van der Waals surface area contributed by atoms with E-state index in [0.717, 1.165) is 15.8 Å². The van der Waals surface area contributed by atoms with Gasteiger partial charge in [0, 0.05) is 12.6 Å². The van der Waals surface area contributed by atoms with E-state index in [1.807, 2.05) is 36.7 Å². The fraction of sp³-hybridized carbons (Fsp3) is 0.222. The summed E-state index contributed by atoms with van der Waals surface area (Å²) >= 11 is 1.43. The molecule has 0 aliphatic heterocycles. The van der Waals surface area contributed by atoms with E-state index in [0.29, 0.717) is 4.80 Å². The highest BCUT2D eigenvalue weighted by Crippen LogP contribution is 2.20. The van der Waals surface area contributed by atoms with E-state index in [2.05, 4.69) is 4.99 Å². The predicted octanol–water partition coefficient (Wildman–Crippen LogP) is 3.08. The number of rotatable bonds is 3. The van der Waals surface area contributed by atoms with Gasteiger partial charge in [-0.1, -0.05) is 36.5 Å². The van der Waals surface area contributed by atoms with E-state index in [1.54, 1.807) is 19.1 Å². The number of hydrogen-bond acceptors (Lipinski definition) is 4. The number of carbonyl (C=O) groups is 1. The van der Waals surface area contributed by atoms with Crippen molar-refractivity contribution < 1.29 is 13.2 Å². The molecule has 25 heavy (non-hydrogen) atoms. The van der Waals surface area contributed by atoms with Crippen molar-refractivity contribution in [2.45, 2.75) is 18.7 Å². The lowest BCUT2D eigenvalue weighted by molar-refractivity contribution is 0.0997. The SMILES string of the molecule is CCS(=O)(=O)c1cccc(C(=O)N=c2sc3cccc(C)c3n2C)c1. The van der Waals surface area contributed by atoms with Crippen molar-refractivity contribution in [3.8, 4) is 0 Å². The van der Waals surface area contributed by atoms with Crippen LogP contribution >= 0.6 is 11.3 Å². The van der Waals surface area contributed by atoms with Crippen LogP contribution in [0, 0.1) is 6.92 Å². The molecule has 7 heteroatoms. The van der Waals surface area contributed by atoms with Crippen LogP contribution in [0.4, 0.5) is 0 Å². The normalized spacial score (nSPS) is 12.7. The van der Waals surface area contributed by atoms with E-state index in [4.69, 9.17) is 0 Å². The minimum atomic E-state index is -3.36. The molecule has 0 bridgehead atoms. The Bertz CT molecular complexity index is 1140. The van der Waals surface area contributed by atoms with Crippen molar-refractivity contribution in [2.75, 3.05) is 5.75 Å². The number of carbonyl (C=O) groups excluding carboxylic acids is 1. The molecule has 0 saturated carbocycles. The Morgan fingerprint density at radius 1 is 1.20 bits per heavy atom. The number of hydrogen-bond donors (Lipinski definition) is 0. The molecule has 0 atom stereocenters. The summed E-state index contributed by atoms with van der Waals surface area (Å²) in [4.78, 5) is 17.5. The van der Waals surface area contributed by atoms with E-state index in [9.17, 15) is 13.2 Å². The summed E-state index contributed by atoms with van der Waals surface area (Å²) in [5.74, 6) is -0.459. The zero-order valence-corrected chi connectivity index (χ0v) is 15.8. The lowest BCUT2D eigenvalue weighted by atomic mass is 10.2. The second-order valence-electron chi connectivity index (χ2n) is 5.71. The Kier molecular flexibility index (Phi) is 4.62. The van der Waals surface area contributed by atoms with Gasteiger partial charge in [-0.15, -0.1) is 0 Å². The van der Waals surface area contributed by atoms with Gasteiger partial charge in [-0.05, 0) is 36.8 Å². The quantitative estimate of drug-likeness (QED) is 0.707. The molecule has 2 aromatic carbocycles. The molecule has 0 spiro atoms. The second kappa shape index (κ2) is 6.57. The number of aromatic nitrogens is 1. The van der Waals surface area contributed by atoms with Crippen LogP contribution in [0.25, 0.3) is 10.2 Å². The van der Waals surface area contributed by atoms with Crippen molar-refractivity contribution in [1.82, 2.24) is 4.57 Å². The molecule has 0 fully saturated rings. The fourth-order valence-electron chi connectivity index (χ4n) is 2.65. The summed E-state index contributed by atoms with van der Waals surface area (Å²) in [5.41, 5.74) is 2.42. The summed E-state index contributed by atoms with van der Waals surface area (Å²) in [5, 5.41) is 0. The predicted molar refractivity (Wildman–Crippen MR) is 99.6 cm³/mol. The van der Waals surface area contributed by atoms with Crippen LogP contribution in [-0.4, -0.2) is 24.6 Å². The van der Waals surface area contributed by atoms with Gasteiger partial charge in [0.1, 0.15) is 0 Å². The first kappa shape index (κ1) is 17.6. The maximum Gasteiger partial charge on any atom is 0.279 e. The van der Waals surface area contributed by atoms with Crippen molar-refractivity contribution in [3.05, 3.63) is 58.4 Å². The Morgan fingerprint density at radius 2 is 1.92 bits per heavy atom. The van der Waals surface area contributed by atoms with Crippen LogP contribution in [0.15, 0.2) is 52.4 Å². The summed E-state index contributed by atoms with van der Waals surface area (Å²) in [7, 11) is -1.49. The number of sulfone groups is 1. The summed E-state index contributed by atoms with van der Waals surface area (Å²) in [6.07, 6.45) is 0. The number of para-hydroxylation sites is 1. The van der Waals surface area contributed by atoms with Gasteiger partial charge in [0.05, 0.1) is 20.9 Å². The molecule has 0 aliphatic carbocycles. The Hall–Kier alpha value is -2.25. The number of aryl methyl sites for hydroxylation is 2. The minimum Gasteiger partial charge on any atom is -0.319 e. The summed E-state index contributed by atoms with van der Waals surface area (Å²) in [6.45, 7) is 3.59. The fourth-order valence-corrected chi connectivity index (χ4v) is 4.67. The van der Waals surface area contributed by atoms with Gasteiger partial charge < -0.3 is 4.57 Å². The van der Waals surface area contributed by atoms with Crippen molar-refractivity contribution >= 4 is 37.3 Å². The first-order valence-electron chi connectivity index (χ1n) is 7.80. The van der Waals surface area contributed by atoms with Crippen LogP contribution < -0.4 is 4.80 Å². The number of amides is 1. The third-order valence-corrected chi connectivity index (χ3v) is 6.87. The standard InChI is InChI=1S/C18H18N2O3S2/c1-4-25(22,23)14-9-6-8-13(11-14)17(21)19-18-20(3)16-12(2)7-5-10-15(16)24-18/h5-11H,4H2,1-3H3. The molecule has 3 aromatic rings. The van der Waals surface area contributed by atoms with Crippen LogP contribution in [0.1, 0.15) is 22.8 Å². The van der Waals surface area contributed by atoms with Crippen LogP contribution in [0.5, 0.6) is 0 Å². The van der Waals surface area contributed by atoms with E-state index >= 15 is 0 Å². The van der Waals surface area contributed by atoms with Gasteiger partial charge in [0.25, 0.3) is 5.91 Å². The molecule has 0 saturated heterocycles. The molecule has 130 valence electrons. The van der Waals surface area contributed by atoms with Gasteiger partial charge in [-0.25, -0.2) is 8.42 Å². The summed E-state index contributed by atoms with van der Waals surface area (Å²) in [6, 6.07) is 12.0. The highest BCUT2D eigenvalue weighted by atomic mass is 32.2. The van der Waals surface area contributed by atoms with Gasteiger partial charge in [-0.2, -0.15) is 4.99 Å². The van der Waals surface area contributed by atoms with Crippen molar-refractivity contribution in [2.24, 2.45) is 12.0 Å². The maximum atomic E-state index is 12.5. The third-order valence-electron chi connectivity index (χ3n) is 4.04. The zero-order valence-electron chi connectivity index (χ0n) is 14.2. The van der Waals surface area contributed by atoms with E-state index < -0.39 is 15.7 Å². The van der Waals surface area contributed by atoms with Crippen LogP contribution in [-0.2, 0) is 16.9 Å². The number of benzene rings is 2. The largest absolute Gasteiger partial charge is 0.319 e. The van der Waals surface area contributed by atoms with E-state index in [-0.39, 0.29) is 16.2 Å². The second-order valence-corrected chi connectivity index (χ2v) is 9.00. The highest BCUT2D eigenvalue weighted by Gasteiger charge is 2.14. The molecular weight excluding hydrogens is 356 g/mol. The average molecular weight is 374 g/mol. The van der Waals surface area contributed by atoms with Crippen molar-refractivity contribution in [3.63, 3.8) is 0 Å². The molecule has 0 radical (unpaired) electrons. The minimum absolute atomic E-state index is 0.00760. The van der Waals surface area contributed by atoms with Gasteiger partial charge in [-0.3, -0.25) is 4.79 Å². The molecular formula is C18H18N2O3S2. The third kappa shape index (κ3) is 3.29. The molecule has 0 N–H and O–H groups in total. The molecule has 1 amide bonds. The number of nitrogens with zero attached hydrogens (tertiary/aromatic N) is 2. The van der Waals surface area contributed by atoms with Gasteiger partial charge >= 0.3 is 0 Å². The lowest BCUT2D eigenvalue weighted by Gasteiger charge is -2.02. The van der Waals surface area contributed by atoms with E-state index in [1.165, 1.54) is 23.5 Å². The Labute approximate surface area is 150 Å². The number of thiazole rings is 1. The molecule has 5 nitrogen and oxygen atoms in total. The molecule has 0 unspecified atom stereocenters. The monoisotopic (exact) mass is 374 g/mol. The first-order chi connectivity index (χ1) is 11.8. The molecule has 1 aromatic heterocycles. The lowest BCUT2D eigenvalue weighted by Crippen LogP contribution is -2.14. The van der Waals surface area contributed by atoms with Crippen molar-refractivity contribution in [1.29, 1.82) is 0 Å². The van der Waals surface area contributed by atoms with Gasteiger partial charge in [0.15, 0.2) is 14.6 Å². The first-order valence-corrected chi connectivity index (χ1v) is 10.3. The topological polar surface area (TPSA) is 68.5 Å². The maximum absolute atomic E-state index is 12.5. The number of fused-ring (bicyclic) bond motifs is 1. The summed E-state index contributed by atoms with van der Waals surface area (Å²) < 4.78 is 26.9. The van der Waals surface area contributed by atoms with Crippen LogP contribution in [0.2, 0.25) is 0 Å². The molecule has 0 aliphatic rings. The van der Waals surface area contributed by atoms with Crippen LogP contribution in [0.3, 0.4) is 0 Å². The van der Waals surface area contributed by atoms with Gasteiger partial charge in [0.2, 0.25) is 0 Å². The molecule has 1 heterocycles. The zero-order chi connectivity index (χ0) is 18.2. The smallest absolute Gasteiger partial charge is 0.279 e. The Balaban J connectivity index is 2.09.